The molecular formula is C13H12F12O2. The second kappa shape index (κ2) is 6.76. The van der Waals surface area contributed by atoms with E-state index in [-0.39, 0.29) is 13.8 Å². The van der Waals surface area contributed by atoms with Crippen molar-refractivity contribution in [1.82, 2.24) is 0 Å². The minimum absolute atomic E-state index is 0.110. The first-order valence-corrected chi connectivity index (χ1v) is 6.58. The Hall–Kier alpha value is -1.63. The number of halogens is 12. The smallest absolute Gasteiger partial charge is 0.384 e. The highest BCUT2D eigenvalue weighted by atomic mass is 19.4. The molecule has 0 atom stereocenters. The molecule has 27 heavy (non-hydrogen) atoms. The van der Waals surface area contributed by atoms with Gasteiger partial charge in [-0.2, -0.15) is 43.9 Å². The zero-order valence-electron chi connectivity index (χ0n) is 13.6. The fourth-order valence-corrected chi connectivity index (χ4v) is 1.50. The lowest BCUT2D eigenvalue weighted by Gasteiger charge is -2.43. The summed E-state index contributed by atoms with van der Waals surface area (Å²) in [6, 6.07) is 0. The number of carbonyl (C=O) groups excluding carboxylic acids is 1. The van der Waals surface area contributed by atoms with Crippen LogP contribution in [-0.2, 0) is 9.53 Å². The highest BCUT2D eigenvalue weighted by Crippen LogP contribution is 2.60. The van der Waals surface area contributed by atoms with E-state index >= 15 is 0 Å². The zero-order valence-corrected chi connectivity index (χ0v) is 13.6. The molecule has 0 amide bonds. The van der Waals surface area contributed by atoms with Gasteiger partial charge in [0, 0.05) is 5.57 Å². The van der Waals surface area contributed by atoms with Gasteiger partial charge in [0.2, 0.25) is 0 Å². The van der Waals surface area contributed by atoms with E-state index in [1.54, 1.807) is 0 Å². The molecular weight excluding hydrogens is 416 g/mol. The van der Waals surface area contributed by atoms with Crippen molar-refractivity contribution < 1.29 is 62.2 Å². The van der Waals surface area contributed by atoms with Crippen molar-refractivity contribution in [1.29, 1.82) is 0 Å². The second-order valence-electron chi connectivity index (χ2n) is 5.90. The Balaban J connectivity index is 6.35. The van der Waals surface area contributed by atoms with Gasteiger partial charge < -0.3 is 4.74 Å². The summed E-state index contributed by atoms with van der Waals surface area (Å²) >= 11 is 0. The van der Waals surface area contributed by atoms with Crippen LogP contribution in [0.1, 0.15) is 20.8 Å². The lowest BCUT2D eigenvalue weighted by Crippen LogP contribution is -2.72. The second-order valence-corrected chi connectivity index (χ2v) is 5.90. The zero-order chi connectivity index (χ0) is 22.4. The van der Waals surface area contributed by atoms with E-state index in [1.165, 1.54) is 0 Å². The van der Waals surface area contributed by atoms with Crippen LogP contribution in [0, 0.1) is 0 Å². The van der Waals surface area contributed by atoms with E-state index in [1.807, 2.05) is 0 Å². The quantitative estimate of drug-likeness (QED) is 0.297. The number of ether oxygens (including phenoxy) is 1. The van der Waals surface area contributed by atoms with Crippen LogP contribution in [0.15, 0.2) is 12.2 Å². The molecule has 0 aromatic heterocycles. The molecule has 0 aliphatic carbocycles. The minimum Gasteiger partial charge on any atom is -0.450 e. The SMILES string of the molecule is C=C(C)C(=O)OC(C)(C)C(F)(F)C(F)(F)C(F)(F)C(F)(F)C(F)(F)C(F)F. The van der Waals surface area contributed by atoms with E-state index in [2.05, 4.69) is 11.3 Å². The van der Waals surface area contributed by atoms with Gasteiger partial charge in [0.1, 0.15) is 0 Å². The van der Waals surface area contributed by atoms with Gasteiger partial charge in [-0.15, -0.1) is 0 Å². The first-order valence-electron chi connectivity index (χ1n) is 6.58. The normalized spacial score (nSPS) is 15.1. The summed E-state index contributed by atoms with van der Waals surface area (Å²) in [4.78, 5) is 11.2. The monoisotopic (exact) mass is 428 g/mol. The van der Waals surface area contributed by atoms with Crippen LogP contribution in [0.25, 0.3) is 0 Å². The van der Waals surface area contributed by atoms with Gasteiger partial charge in [0.25, 0.3) is 0 Å². The third kappa shape index (κ3) is 3.58. The number of hydrogen-bond donors (Lipinski definition) is 0. The molecule has 0 rings (SSSR count). The number of hydrogen-bond acceptors (Lipinski definition) is 2. The Labute approximate surface area is 144 Å². The predicted octanol–water partition coefficient (Wildman–Crippen LogP) is 5.33. The number of rotatable bonds is 8. The Kier molecular flexibility index (Phi) is 6.35. The van der Waals surface area contributed by atoms with Crippen molar-refractivity contribution in [3.05, 3.63) is 12.2 Å². The molecule has 0 spiro atoms. The average Bonchev–Trinajstić information content (AvgIpc) is 2.45. The van der Waals surface area contributed by atoms with E-state index < -0.39 is 53.2 Å². The third-order valence-electron chi connectivity index (χ3n) is 3.33. The van der Waals surface area contributed by atoms with Crippen LogP contribution in [0.5, 0.6) is 0 Å². The van der Waals surface area contributed by atoms with Crippen LogP contribution in [-0.4, -0.2) is 47.6 Å². The first-order chi connectivity index (χ1) is 11.5. The maximum absolute atomic E-state index is 13.9. The summed E-state index contributed by atoms with van der Waals surface area (Å²) < 4.78 is 161. The highest BCUT2D eigenvalue weighted by molar-refractivity contribution is 5.87. The van der Waals surface area contributed by atoms with Crippen molar-refractivity contribution in [2.75, 3.05) is 0 Å². The van der Waals surface area contributed by atoms with Gasteiger partial charge in [-0.05, 0) is 20.8 Å². The fraction of sp³-hybridized carbons (Fsp3) is 0.769. The Morgan fingerprint density at radius 3 is 1.41 bits per heavy atom. The van der Waals surface area contributed by atoms with E-state index in [0.29, 0.717) is 0 Å². The van der Waals surface area contributed by atoms with Crippen molar-refractivity contribution in [3.8, 4) is 0 Å². The molecule has 0 aliphatic rings. The van der Waals surface area contributed by atoms with Crippen LogP contribution in [0.3, 0.4) is 0 Å². The molecule has 0 radical (unpaired) electrons. The molecule has 14 heteroatoms. The Morgan fingerprint density at radius 2 is 1.11 bits per heavy atom. The summed E-state index contributed by atoms with van der Waals surface area (Å²) in [7, 11) is 0. The van der Waals surface area contributed by atoms with Crippen molar-refractivity contribution in [3.63, 3.8) is 0 Å². The molecule has 2 nitrogen and oxygen atoms in total. The van der Waals surface area contributed by atoms with Crippen LogP contribution in [0.4, 0.5) is 52.7 Å². The van der Waals surface area contributed by atoms with E-state index in [4.69, 9.17) is 0 Å². The summed E-state index contributed by atoms with van der Waals surface area (Å²) in [5.41, 5.74) is -4.66. The van der Waals surface area contributed by atoms with Gasteiger partial charge in [-0.3, -0.25) is 0 Å². The minimum atomic E-state index is -7.68. The Bertz CT molecular complexity index is 594. The lowest BCUT2D eigenvalue weighted by molar-refractivity contribution is -0.426. The summed E-state index contributed by atoms with van der Waals surface area (Å²) in [6.45, 7) is 3.47. The van der Waals surface area contributed by atoms with Gasteiger partial charge in [0.15, 0.2) is 5.60 Å². The van der Waals surface area contributed by atoms with E-state index in [0.717, 1.165) is 6.92 Å². The molecule has 160 valence electrons. The molecule has 0 saturated carbocycles. The first kappa shape index (κ1) is 25.4. The van der Waals surface area contributed by atoms with Crippen molar-refractivity contribution in [2.45, 2.75) is 62.4 Å². The number of esters is 1. The molecule has 0 aromatic carbocycles. The lowest BCUT2D eigenvalue weighted by atomic mass is 9.86. The van der Waals surface area contributed by atoms with Crippen molar-refractivity contribution in [2.24, 2.45) is 0 Å². The third-order valence-corrected chi connectivity index (χ3v) is 3.33. The molecule has 0 unspecified atom stereocenters. The largest absolute Gasteiger partial charge is 0.450 e. The number of alkyl halides is 12. The van der Waals surface area contributed by atoms with Gasteiger partial charge in [0.05, 0.1) is 0 Å². The molecule has 0 aliphatic heterocycles. The molecule has 0 heterocycles. The summed E-state index contributed by atoms with van der Waals surface area (Å²) in [5, 5.41) is 0. The van der Waals surface area contributed by atoms with Gasteiger partial charge in [-0.1, -0.05) is 6.58 Å². The summed E-state index contributed by atoms with van der Waals surface area (Å²) in [5.74, 6) is -38.0. The summed E-state index contributed by atoms with van der Waals surface area (Å²) in [6.07, 6.45) is -5.59. The molecule has 0 bridgehead atoms. The topological polar surface area (TPSA) is 26.3 Å². The standard InChI is InChI=1S/C13H12F12O2/c1-5(2)6(26)27-8(3,4)10(18,19)12(22,23)13(24,25)11(20,21)9(16,17)7(14)15/h7H,1H2,2-4H3. The van der Waals surface area contributed by atoms with Crippen molar-refractivity contribution >= 4 is 5.97 Å². The van der Waals surface area contributed by atoms with Crippen LogP contribution >= 0.6 is 0 Å². The number of carbonyl (C=O) groups is 1. The maximum atomic E-state index is 13.9. The average molecular weight is 428 g/mol. The van der Waals surface area contributed by atoms with Crippen LogP contribution < -0.4 is 0 Å². The molecule has 0 N–H and O–H groups in total. The maximum Gasteiger partial charge on any atom is 0.384 e. The highest BCUT2D eigenvalue weighted by Gasteiger charge is 2.89. The van der Waals surface area contributed by atoms with E-state index in [9.17, 15) is 57.5 Å². The molecule has 0 fully saturated rings. The Morgan fingerprint density at radius 1 is 0.778 bits per heavy atom. The molecule has 0 saturated heterocycles. The van der Waals surface area contributed by atoms with Crippen LogP contribution in [0.2, 0.25) is 0 Å². The fourth-order valence-electron chi connectivity index (χ4n) is 1.50. The van der Waals surface area contributed by atoms with Gasteiger partial charge >= 0.3 is 42.0 Å². The van der Waals surface area contributed by atoms with Gasteiger partial charge in [-0.25, -0.2) is 13.6 Å². The predicted molar refractivity (Wildman–Crippen MR) is 65.7 cm³/mol. The molecule has 0 aromatic rings.